The van der Waals surface area contributed by atoms with Gasteiger partial charge >= 0.3 is 0 Å². The molecule has 0 unspecified atom stereocenters. The molecule has 80 valence electrons. The summed E-state index contributed by atoms with van der Waals surface area (Å²) in [7, 11) is 0. The summed E-state index contributed by atoms with van der Waals surface area (Å²) in [6, 6.07) is 3.46. The number of unbranched alkanes of at least 4 members (excludes halogenated alkanes) is 1. The Labute approximate surface area is 93.2 Å². The predicted molar refractivity (Wildman–Crippen MR) is 62.0 cm³/mol. The zero-order chi connectivity index (χ0) is 10.8. The van der Waals surface area contributed by atoms with Gasteiger partial charge in [0.2, 0.25) is 0 Å². The molecule has 3 nitrogen and oxygen atoms in total. The van der Waals surface area contributed by atoms with Gasteiger partial charge in [0, 0.05) is 12.5 Å². The van der Waals surface area contributed by atoms with Crippen molar-refractivity contribution in [2.45, 2.75) is 26.2 Å². The molecule has 0 fully saturated rings. The number of rotatable bonds is 3. The number of fused-ring (bicyclic) bond motifs is 1. The summed E-state index contributed by atoms with van der Waals surface area (Å²) in [5.74, 6) is 0.758. The fourth-order valence-electron chi connectivity index (χ4n) is 1.45. The number of aromatic nitrogens is 1. The molecule has 0 saturated heterocycles. The Morgan fingerprint density at radius 2 is 2.27 bits per heavy atom. The fraction of sp³-hybridized carbons (Fsp3) is 0.364. The number of hydrogen-bond donors (Lipinski definition) is 1. The van der Waals surface area contributed by atoms with Crippen molar-refractivity contribution in [3.8, 4) is 0 Å². The van der Waals surface area contributed by atoms with Crippen LogP contribution in [0.2, 0.25) is 5.02 Å². The van der Waals surface area contributed by atoms with E-state index in [4.69, 9.17) is 21.8 Å². The van der Waals surface area contributed by atoms with E-state index in [0.29, 0.717) is 16.3 Å². The Kier molecular flexibility index (Phi) is 2.82. The number of hydrogen-bond acceptors (Lipinski definition) is 3. The van der Waals surface area contributed by atoms with E-state index >= 15 is 0 Å². The van der Waals surface area contributed by atoms with Crippen LogP contribution in [-0.4, -0.2) is 4.98 Å². The van der Waals surface area contributed by atoms with Crippen LogP contribution in [0.15, 0.2) is 16.5 Å². The summed E-state index contributed by atoms with van der Waals surface area (Å²) < 4.78 is 5.56. The molecule has 2 aromatic rings. The predicted octanol–water partition coefficient (Wildman–Crippen LogP) is 3.41. The molecule has 0 bridgehead atoms. The molecule has 0 amide bonds. The summed E-state index contributed by atoms with van der Waals surface area (Å²) in [6.45, 7) is 2.14. The molecule has 0 atom stereocenters. The van der Waals surface area contributed by atoms with Gasteiger partial charge in [-0.3, -0.25) is 0 Å². The van der Waals surface area contributed by atoms with Crippen molar-refractivity contribution in [3.05, 3.63) is 23.0 Å². The summed E-state index contributed by atoms with van der Waals surface area (Å²) >= 11 is 5.89. The van der Waals surface area contributed by atoms with Gasteiger partial charge in [-0.15, -0.1) is 0 Å². The van der Waals surface area contributed by atoms with Gasteiger partial charge in [-0.25, -0.2) is 4.98 Å². The van der Waals surface area contributed by atoms with Gasteiger partial charge in [0.1, 0.15) is 5.52 Å². The van der Waals surface area contributed by atoms with Crippen molar-refractivity contribution in [2.75, 3.05) is 5.73 Å². The molecule has 1 aromatic carbocycles. The van der Waals surface area contributed by atoms with Gasteiger partial charge in [-0.05, 0) is 12.5 Å². The largest absolute Gasteiger partial charge is 0.441 e. The Balaban J connectivity index is 2.38. The Bertz CT molecular complexity index is 440. The second kappa shape index (κ2) is 4.11. The van der Waals surface area contributed by atoms with E-state index in [1.807, 2.05) is 0 Å². The lowest BCUT2D eigenvalue weighted by Gasteiger charge is -1.94. The van der Waals surface area contributed by atoms with E-state index in [1.54, 1.807) is 12.1 Å². The van der Waals surface area contributed by atoms with E-state index in [0.717, 1.165) is 30.7 Å². The Hall–Kier alpha value is -1.22. The highest BCUT2D eigenvalue weighted by atomic mass is 35.5. The normalized spacial score (nSPS) is 11.1. The number of nitrogens with two attached hydrogens (primary N) is 1. The number of nitrogens with zero attached hydrogens (tertiary/aromatic N) is 1. The molecule has 0 aliphatic heterocycles. The van der Waals surface area contributed by atoms with Crippen LogP contribution in [0.4, 0.5) is 5.69 Å². The first-order valence-electron chi connectivity index (χ1n) is 5.05. The molecule has 4 heteroatoms. The van der Waals surface area contributed by atoms with Crippen LogP contribution in [0.1, 0.15) is 25.7 Å². The standard InChI is InChI=1S/C11H13ClN2O/c1-2-3-4-11-14-9-5-7(12)8(13)6-10(9)15-11/h5-6H,2-4,13H2,1H3. The SMILES string of the molecule is CCCCc1nc2cc(Cl)c(N)cc2o1. The molecule has 0 radical (unpaired) electrons. The third-order valence-corrected chi connectivity index (χ3v) is 2.62. The van der Waals surface area contributed by atoms with Crippen LogP contribution in [0.5, 0.6) is 0 Å². The van der Waals surface area contributed by atoms with E-state index in [1.165, 1.54) is 0 Å². The Morgan fingerprint density at radius 1 is 1.47 bits per heavy atom. The average molecular weight is 225 g/mol. The minimum absolute atomic E-state index is 0.526. The van der Waals surface area contributed by atoms with Crippen LogP contribution in [-0.2, 0) is 6.42 Å². The van der Waals surface area contributed by atoms with Crippen LogP contribution in [0, 0.1) is 0 Å². The highest BCUT2D eigenvalue weighted by molar-refractivity contribution is 6.33. The second-order valence-electron chi connectivity index (χ2n) is 3.55. The first kappa shape index (κ1) is 10.3. The van der Waals surface area contributed by atoms with Crippen LogP contribution in [0.3, 0.4) is 0 Å². The summed E-state index contributed by atoms with van der Waals surface area (Å²) in [6.07, 6.45) is 3.07. The van der Waals surface area contributed by atoms with Gasteiger partial charge < -0.3 is 10.2 Å². The molecule has 0 saturated carbocycles. The highest BCUT2D eigenvalue weighted by Gasteiger charge is 2.07. The smallest absolute Gasteiger partial charge is 0.195 e. The quantitative estimate of drug-likeness (QED) is 0.813. The number of anilines is 1. The number of halogens is 1. The van der Waals surface area contributed by atoms with E-state index < -0.39 is 0 Å². The van der Waals surface area contributed by atoms with Crippen molar-refractivity contribution in [3.63, 3.8) is 0 Å². The molecule has 1 heterocycles. The maximum absolute atomic E-state index is 5.89. The van der Waals surface area contributed by atoms with Gasteiger partial charge in [0.25, 0.3) is 0 Å². The molecular formula is C11H13ClN2O. The fourth-order valence-corrected chi connectivity index (χ4v) is 1.60. The van der Waals surface area contributed by atoms with Crippen molar-refractivity contribution in [2.24, 2.45) is 0 Å². The molecule has 0 aliphatic carbocycles. The molecule has 1 aromatic heterocycles. The molecule has 2 N–H and O–H groups in total. The lowest BCUT2D eigenvalue weighted by Crippen LogP contribution is -1.85. The summed E-state index contributed by atoms with van der Waals surface area (Å²) in [5, 5.41) is 0.526. The molecule has 2 rings (SSSR count). The topological polar surface area (TPSA) is 52.0 Å². The first-order chi connectivity index (χ1) is 7.20. The third kappa shape index (κ3) is 2.07. The molecular weight excluding hydrogens is 212 g/mol. The molecule has 0 spiro atoms. The minimum Gasteiger partial charge on any atom is -0.441 e. The van der Waals surface area contributed by atoms with Crippen molar-refractivity contribution in [1.82, 2.24) is 4.98 Å². The van der Waals surface area contributed by atoms with Crippen LogP contribution >= 0.6 is 11.6 Å². The number of aryl methyl sites for hydroxylation is 1. The van der Waals surface area contributed by atoms with Crippen molar-refractivity contribution in [1.29, 1.82) is 0 Å². The van der Waals surface area contributed by atoms with Crippen LogP contribution in [0.25, 0.3) is 11.1 Å². The van der Waals surface area contributed by atoms with Gasteiger partial charge in [0.05, 0.1) is 10.7 Å². The van der Waals surface area contributed by atoms with Crippen molar-refractivity contribution < 1.29 is 4.42 Å². The third-order valence-electron chi connectivity index (χ3n) is 2.30. The second-order valence-corrected chi connectivity index (χ2v) is 3.96. The Morgan fingerprint density at radius 3 is 3.00 bits per heavy atom. The minimum atomic E-state index is 0.526. The zero-order valence-corrected chi connectivity index (χ0v) is 9.34. The number of oxazole rings is 1. The first-order valence-corrected chi connectivity index (χ1v) is 5.43. The maximum Gasteiger partial charge on any atom is 0.195 e. The lowest BCUT2D eigenvalue weighted by atomic mass is 10.2. The zero-order valence-electron chi connectivity index (χ0n) is 8.59. The molecule has 0 aliphatic rings. The van der Waals surface area contributed by atoms with E-state index in [2.05, 4.69) is 11.9 Å². The van der Waals surface area contributed by atoms with Crippen molar-refractivity contribution >= 4 is 28.4 Å². The summed E-state index contributed by atoms with van der Waals surface area (Å²) in [5.41, 5.74) is 7.69. The van der Waals surface area contributed by atoms with E-state index in [-0.39, 0.29) is 0 Å². The average Bonchev–Trinajstić information content (AvgIpc) is 2.58. The maximum atomic E-state index is 5.89. The van der Waals surface area contributed by atoms with E-state index in [9.17, 15) is 0 Å². The lowest BCUT2D eigenvalue weighted by molar-refractivity contribution is 0.518. The van der Waals surface area contributed by atoms with Gasteiger partial charge in [-0.2, -0.15) is 0 Å². The highest BCUT2D eigenvalue weighted by Crippen LogP contribution is 2.26. The van der Waals surface area contributed by atoms with Gasteiger partial charge in [-0.1, -0.05) is 24.9 Å². The molecule has 15 heavy (non-hydrogen) atoms. The van der Waals surface area contributed by atoms with Crippen LogP contribution < -0.4 is 5.73 Å². The monoisotopic (exact) mass is 224 g/mol. The number of benzene rings is 1. The summed E-state index contributed by atoms with van der Waals surface area (Å²) in [4.78, 5) is 4.35. The number of nitrogen functional groups attached to an aromatic ring is 1. The van der Waals surface area contributed by atoms with Gasteiger partial charge in [0.15, 0.2) is 11.5 Å².